The van der Waals surface area contributed by atoms with E-state index in [0.717, 1.165) is 18.4 Å². The summed E-state index contributed by atoms with van der Waals surface area (Å²) in [6.45, 7) is 7.88. The van der Waals surface area contributed by atoms with Crippen LogP contribution in [0, 0.1) is 17.3 Å². The molecule has 0 aromatic rings. The van der Waals surface area contributed by atoms with Crippen molar-refractivity contribution in [1.82, 2.24) is 0 Å². The van der Waals surface area contributed by atoms with Crippen LogP contribution in [0.25, 0.3) is 0 Å². The van der Waals surface area contributed by atoms with E-state index in [9.17, 15) is 0 Å². The molecule has 1 saturated carbocycles. The Morgan fingerprint density at radius 1 is 1.27 bits per heavy atom. The molecule has 0 aliphatic heterocycles. The van der Waals surface area contributed by atoms with E-state index in [0.29, 0.717) is 5.41 Å². The third kappa shape index (κ3) is 1.58. The molecule has 0 amide bonds. The first-order valence-corrected chi connectivity index (χ1v) is 4.83. The molecule has 0 heterocycles. The summed E-state index contributed by atoms with van der Waals surface area (Å²) in [6, 6.07) is 0. The van der Waals surface area contributed by atoms with Gasteiger partial charge in [-0.1, -0.05) is 20.8 Å². The van der Waals surface area contributed by atoms with E-state index in [2.05, 4.69) is 20.8 Å². The topological polar surface area (TPSA) is 26.0 Å². The van der Waals surface area contributed by atoms with Gasteiger partial charge in [0.2, 0.25) is 0 Å². The van der Waals surface area contributed by atoms with E-state index in [1.807, 2.05) is 0 Å². The molecule has 1 heteroatoms. The second kappa shape index (κ2) is 3.14. The second-order valence-electron chi connectivity index (χ2n) is 4.42. The van der Waals surface area contributed by atoms with Gasteiger partial charge < -0.3 is 5.73 Å². The predicted octanol–water partition coefficient (Wildman–Crippen LogP) is 2.41. The molecule has 0 aromatic carbocycles. The highest BCUT2D eigenvalue weighted by molar-refractivity contribution is 4.90. The minimum Gasteiger partial charge on any atom is -0.330 e. The van der Waals surface area contributed by atoms with Gasteiger partial charge in [-0.25, -0.2) is 0 Å². The lowest BCUT2D eigenvalue weighted by atomic mass is 9.82. The Morgan fingerprint density at radius 3 is 1.91 bits per heavy atom. The van der Waals surface area contributed by atoms with Crippen LogP contribution in [0.5, 0.6) is 0 Å². The molecule has 1 aliphatic rings. The number of hydrogen-bond acceptors (Lipinski definition) is 1. The van der Waals surface area contributed by atoms with Gasteiger partial charge in [0, 0.05) is 0 Å². The molecular weight excluding hydrogens is 134 g/mol. The van der Waals surface area contributed by atoms with E-state index in [4.69, 9.17) is 5.73 Å². The zero-order valence-electron chi connectivity index (χ0n) is 8.06. The summed E-state index contributed by atoms with van der Waals surface area (Å²) in [5.74, 6) is 1.77. The van der Waals surface area contributed by atoms with Crippen LogP contribution in [0.2, 0.25) is 0 Å². The first-order valence-electron chi connectivity index (χ1n) is 4.83. The van der Waals surface area contributed by atoms with Gasteiger partial charge in [0.1, 0.15) is 0 Å². The molecule has 0 spiro atoms. The fraction of sp³-hybridized carbons (Fsp3) is 1.00. The number of rotatable bonds is 2. The van der Waals surface area contributed by atoms with Crippen molar-refractivity contribution in [1.29, 1.82) is 0 Å². The van der Waals surface area contributed by atoms with Crippen molar-refractivity contribution in [2.45, 2.75) is 40.0 Å². The Hall–Kier alpha value is -0.0400. The maximum absolute atomic E-state index is 5.80. The van der Waals surface area contributed by atoms with Crippen molar-refractivity contribution in [2.24, 2.45) is 23.0 Å². The van der Waals surface area contributed by atoms with Crippen LogP contribution in [0.15, 0.2) is 0 Å². The Kier molecular flexibility index (Phi) is 2.58. The maximum atomic E-state index is 5.80. The van der Waals surface area contributed by atoms with Crippen LogP contribution in [0.4, 0.5) is 0 Å². The third-order valence-corrected chi connectivity index (χ3v) is 3.66. The number of nitrogens with two attached hydrogens (primary N) is 1. The Morgan fingerprint density at radius 2 is 1.73 bits per heavy atom. The summed E-state index contributed by atoms with van der Waals surface area (Å²) in [5.41, 5.74) is 6.30. The summed E-state index contributed by atoms with van der Waals surface area (Å²) < 4.78 is 0. The summed E-state index contributed by atoms with van der Waals surface area (Å²) in [4.78, 5) is 0. The molecule has 0 unspecified atom stereocenters. The standard InChI is InChI=1S/C10H21N/c1-4-10(7-11)5-8(2)9(3)6-10/h8-9H,4-7,11H2,1-3H3/t8-,9-/m1/s1. The van der Waals surface area contributed by atoms with Crippen LogP contribution in [0.1, 0.15) is 40.0 Å². The van der Waals surface area contributed by atoms with Crippen LogP contribution < -0.4 is 5.73 Å². The predicted molar refractivity (Wildman–Crippen MR) is 49.3 cm³/mol. The highest BCUT2D eigenvalue weighted by atomic mass is 14.6. The van der Waals surface area contributed by atoms with E-state index >= 15 is 0 Å². The summed E-state index contributed by atoms with van der Waals surface area (Å²) in [6.07, 6.45) is 3.96. The average molecular weight is 155 g/mol. The van der Waals surface area contributed by atoms with Gasteiger partial charge in [0.25, 0.3) is 0 Å². The summed E-state index contributed by atoms with van der Waals surface area (Å²) >= 11 is 0. The molecule has 0 bridgehead atoms. The minimum atomic E-state index is 0.499. The zero-order chi connectivity index (χ0) is 8.48. The molecule has 0 aromatic heterocycles. The van der Waals surface area contributed by atoms with Crippen LogP contribution in [-0.2, 0) is 0 Å². The van der Waals surface area contributed by atoms with Gasteiger partial charge in [-0.3, -0.25) is 0 Å². The first-order chi connectivity index (χ1) is 5.13. The third-order valence-electron chi connectivity index (χ3n) is 3.66. The lowest BCUT2D eigenvalue weighted by Gasteiger charge is -2.25. The molecule has 1 fully saturated rings. The largest absolute Gasteiger partial charge is 0.330 e. The Bertz CT molecular complexity index is 115. The van der Waals surface area contributed by atoms with Crippen molar-refractivity contribution < 1.29 is 0 Å². The minimum absolute atomic E-state index is 0.499. The van der Waals surface area contributed by atoms with Crippen molar-refractivity contribution in [2.75, 3.05) is 6.54 Å². The lowest BCUT2D eigenvalue weighted by Crippen LogP contribution is -2.26. The smallest absolute Gasteiger partial charge is 0.00204 e. The van der Waals surface area contributed by atoms with Crippen LogP contribution in [0.3, 0.4) is 0 Å². The molecule has 11 heavy (non-hydrogen) atoms. The quantitative estimate of drug-likeness (QED) is 0.651. The number of hydrogen-bond donors (Lipinski definition) is 1. The van der Waals surface area contributed by atoms with Crippen LogP contribution >= 0.6 is 0 Å². The van der Waals surface area contributed by atoms with Gasteiger partial charge in [0.05, 0.1) is 0 Å². The lowest BCUT2D eigenvalue weighted by molar-refractivity contribution is 0.282. The molecule has 0 saturated heterocycles. The van der Waals surface area contributed by atoms with E-state index < -0.39 is 0 Å². The fourth-order valence-electron chi connectivity index (χ4n) is 2.45. The van der Waals surface area contributed by atoms with Gasteiger partial charge in [-0.15, -0.1) is 0 Å². The SMILES string of the molecule is CCC1(CN)C[C@@H](C)[C@H](C)C1. The zero-order valence-corrected chi connectivity index (χ0v) is 8.06. The van der Waals surface area contributed by atoms with Crippen molar-refractivity contribution in [3.05, 3.63) is 0 Å². The highest BCUT2D eigenvalue weighted by Gasteiger charge is 2.38. The fourth-order valence-corrected chi connectivity index (χ4v) is 2.45. The monoisotopic (exact) mass is 155 g/mol. The Labute approximate surface area is 70.4 Å². The highest BCUT2D eigenvalue weighted by Crippen LogP contribution is 2.46. The maximum Gasteiger partial charge on any atom is -0.00204 e. The molecule has 2 atom stereocenters. The molecule has 66 valence electrons. The van der Waals surface area contributed by atoms with E-state index in [1.54, 1.807) is 0 Å². The van der Waals surface area contributed by atoms with Crippen molar-refractivity contribution >= 4 is 0 Å². The van der Waals surface area contributed by atoms with E-state index in [-0.39, 0.29) is 0 Å². The summed E-state index contributed by atoms with van der Waals surface area (Å²) in [7, 11) is 0. The normalized spacial score (nSPS) is 36.0. The van der Waals surface area contributed by atoms with E-state index in [1.165, 1.54) is 19.3 Å². The van der Waals surface area contributed by atoms with Gasteiger partial charge >= 0.3 is 0 Å². The van der Waals surface area contributed by atoms with Gasteiger partial charge in [-0.2, -0.15) is 0 Å². The molecule has 1 nitrogen and oxygen atoms in total. The van der Waals surface area contributed by atoms with Crippen LogP contribution in [-0.4, -0.2) is 6.54 Å². The Balaban J connectivity index is 2.61. The summed E-state index contributed by atoms with van der Waals surface area (Å²) in [5, 5.41) is 0. The van der Waals surface area contributed by atoms with Gasteiger partial charge in [-0.05, 0) is 43.1 Å². The molecule has 1 aliphatic carbocycles. The average Bonchev–Trinajstić information content (AvgIpc) is 2.29. The molecule has 1 rings (SSSR count). The second-order valence-corrected chi connectivity index (χ2v) is 4.42. The molecule has 0 radical (unpaired) electrons. The van der Waals surface area contributed by atoms with Crippen molar-refractivity contribution in [3.63, 3.8) is 0 Å². The van der Waals surface area contributed by atoms with Gasteiger partial charge in [0.15, 0.2) is 0 Å². The van der Waals surface area contributed by atoms with Crippen molar-refractivity contribution in [3.8, 4) is 0 Å². The molecular formula is C10H21N. The molecule has 2 N–H and O–H groups in total. The first kappa shape index (κ1) is 9.05.